The SMILES string of the molecule is COC(=O)c1ccc(C)c(N(c2ccc(C)cc2)S(=O)[O-])c1. The van der Waals surface area contributed by atoms with E-state index in [1.807, 2.05) is 19.1 Å². The molecule has 2 aromatic carbocycles. The van der Waals surface area contributed by atoms with E-state index in [1.165, 1.54) is 13.2 Å². The van der Waals surface area contributed by atoms with Crippen LogP contribution in [-0.2, 0) is 16.0 Å². The molecule has 0 saturated heterocycles. The van der Waals surface area contributed by atoms with E-state index in [2.05, 4.69) is 4.74 Å². The number of benzene rings is 2. The van der Waals surface area contributed by atoms with Gasteiger partial charge in [-0.1, -0.05) is 23.8 Å². The summed E-state index contributed by atoms with van der Waals surface area (Å²) in [5, 5.41) is 0. The highest BCUT2D eigenvalue weighted by Crippen LogP contribution is 2.30. The fraction of sp³-hybridized carbons (Fsp3) is 0.188. The lowest BCUT2D eigenvalue weighted by atomic mass is 10.1. The summed E-state index contributed by atoms with van der Waals surface area (Å²) in [6.07, 6.45) is 0. The van der Waals surface area contributed by atoms with Crippen molar-refractivity contribution in [1.82, 2.24) is 0 Å². The van der Waals surface area contributed by atoms with Crippen molar-refractivity contribution in [2.45, 2.75) is 13.8 Å². The second kappa shape index (κ2) is 6.72. The van der Waals surface area contributed by atoms with Crippen LogP contribution in [0.15, 0.2) is 42.5 Å². The molecule has 0 saturated carbocycles. The number of carbonyl (C=O) groups excluding carboxylic acids is 1. The summed E-state index contributed by atoms with van der Waals surface area (Å²) in [6, 6.07) is 11.9. The molecule has 6 heteroatoms. The van der Waals surface area contributed by atoms with E-state index in [1.54, 1.807) is 31.2 Å². The summed E-state index contributed by atoms with van der Waals surface area (Å²) in [5.41, 5.74) is 2.98. The van der Waals surface area contributed by atoms with Gasteiger partial charge in [-0.15, -0.1) is 0 Å². The largest absolute Gasteiger partial charge is 0.755 e. The van der Waals surface area contributed by atoms with Crippen LogP contribution in [0, 0.1) is 13.8 Å². The summed E-state index contributed by atoms with van der Waals surface area (Å²) in [5.74, 6) is -0.512. The number of ether oxygens (including phenoxy) is 1. The van der Waals surface area contributed by atoms with Crippen molar-refractivity contribution in [3.05, 3.63) is 59.2 Å². The molecule has 2 rings (SSSR count). The summed E-state index contributed by atoms with van der Waals surface area (Å²) in [7, 11) is 1.28. The normalized spacial score (nSPS) is 11.8. The lowest BCUT2D eigenvalue weighted by Gasteiger charge is -2.28. The van der Waals surface area contributed by atoms with Crippen LogP contribution < -0.4 is 4.31 Å². The maximum Gasteiger partial charge on any atom is 0.337 e. The Bertz CT molecular complexity index is 713. The number of methoxy groups -OCH3 is 1. The van der Waals surface area contributed by atoms with Gasteiger partial charge in [0.2, 0.25) is 0 Å². The molecule has 0 aromatic heterocycles. The van der Waals surface area contributed by atoms with Crippen LogP contribution in [0.25, 0.3) is 0 Å². The Balaban J connectivity index is 2.55. The highest BCUT2D eigenvalue weighted by atomic mass is 32.2. The van der Waals surface area contributed by atoms with Crippen molar-refractivity contribution in [2.24, 2.45) is 0 Å². The summed E-state index contributed by atoms with van der Waals surface area (Å²) < 4.78 is 29.2. The third-order valence-electron chi connectivity index (χ3n) is 3.27. The molecular weight excluding hydrogens is 302 g/mol. The topological polar surface area (TPSA) is 69.7 Å². The molecule has 0 aliphatic rings. The standard InChI is InChI=1S/C16H17NO4S/c1-11-4-8-14(9-5-11)17(22(19)20)15-10-13(16(18)21-3)7-6-12(15)2/h4-10H,1-3H3,(H,19,20)/p-1. The molecule has 0 heterocycles. The molecule has 0 bridgehead atoms. The predicted octanol–water partition coefficient (Wildman–Crippen LogP) is 3.02. The molecular formula is C16H16NO4S-. The van der Waals surface area contributed by atoms with Crippen LogP contribution in [0.3, 0.4) is 0 Å². The van der Waals surface area contributed by atoms with Crippen molar-refractivity contribution in [1.29, 1.82) is 0 Å². The van der Waals surface area contributed by atoms with Crippen LogP contribution in [0.2, 0.25) is 0 Å². The third kappa shape index (κ3) is 3.35. The maximum absolute atomic E-state index is 11.7. The Labute approximate surface area is 131 Å². The molecule has 1 atom stereocenters. The first-order chi connectivity index (χ1) is 10.4. The van der Waals surface area contributed by atoms with Crippen molar-refractivity contribution in [3.8, 4) is 0 Å². The number of nitrogens with zero attached hydrogens (tertiary/aromatic N) is 1. The van der Waals surface area contributed by atoms with Crippen molar-refractivity contribution >= 4 is 28.6 Å². The van der Waals surface area contributed by atoms with Gasteiger partial charge in [-0.3, -0.25) is 8.51 Å². The van der Waals surface area contributed by atoms with Crippen molar-refractivity contribution < 1.29 is 18.3 Å². The minimum Gasteiger partial charge on any atom is -0.755 e. The number of esters is 1. The third-order valence-corrected chi connectivity index (χ3v) is 3.97. The molecule has 0 N–H and O–H groups in total. The molecule has 0 aliphatic heterocycles. The van der Waals surface area contributed by atoms with Crippen LogP contribution in [0.4, 0.5) is 11.4 Å². The molecule has 0 aliphatic carbocycles. The fourth-order valence-corrected chi connectivity index (χ4v) is 2.71. The fourth-order valence-electron chi connectivity index (χ4n) is 2.06. The van der Waals surface area contributed by atoms with Gasteiger partial charge >= 0.3 is 5.97 Å². The van der Waals surface area contributed by atoms with Gasteiger partial charge in [0.25, 0.3) is 0 Å². The zero-order valence-electron chi connectivity index (χ0n) is 12.5. The van der Waals surface area contributed by atoms with Crippen LogP contribution >= 0.6 is 0 Å². The molecule has 0 fully saturated rings. The van der Waals surface area contributed by atoms with Crippen molar-refractivity contribution in [3.63, 3.8) is 0 Å². The summed E-state index contributed by atoms with van der Waals surface area (Å²) in [6.45, 7) is 3.70. The second-order valence-electron chi connectivity index (χ2n) is 4.84. The second-order valence-corrected chi connectivity index (χ2v) is 5.64. The average molecular weight is 318 g/mol. The quantitative estimate of drug-likeness (QED) is 0.642. The minimum absolute atomic E-state index is 0.297. The van der Waals surface area contributed by atoms with Gasteiger partial charge in [-0.05, 0) is 43.7 Å². The van der Waals surface area contributed by atoms with Gasteiger partial charge in [0.1, 0.15) is 0 Å². The van der Waals surface area contributed by atoms with E-state index in [0.29, 0.717) is 16.9 Å². The van der Waals surface area contributed by atoms with Crippen LogP contribution in [-0.4, -0.2) is 21.8 Å². The van der Waals surface area contributed by atoms with Gasteiger partial charge in [0.15, 0.2) is 0 Å². The zero-order chi connectivity index (χ0) is 16.3. The highest BCUT2D eigenvalue weighted by molar-refractivity contribution is 7.81. The lowest BCUT2D eigenvalue weighted by molar-refractivity contribution is 0.0600. The monoisotopic (exact) mass is 318 g/mol. The van der Waals surface area contributed by atoms with Gasteiger partial charge in [-0.25, -0.2) is 4.79 Å². The first-order valence-corrected chi connectivity index (χ1v) is 7.62. The number of anilines is 2. The molecule has 0 spiro atoms. The highest BCUT2D eigenvalue weighted by Gasteiger charge is 2.16. The Morgan fingerprint density at radius 1 is 1.14 bits per heavy atom. The van der Waals surface area contributed by atoms with E-state index < -0.39 is 17.2 Å². The van der Waals surface area contributed by atoms with E-state index >= 15 is 0 Å². The predicted molar refractivity (Wildman–Crippen MR) is 84.8 cm³/mol. The smallest absolute Gasteiger partial charge is 0.337 e. The van der Waals surface area contributed by atoms with Gasteiger partial charge in [0.05, 0.1) is 35.3 Å². The molecule has 2 aromatic rings. The molecule has 22 heavy (non-hydrogen) atoms. The number of aryl methyl sites for hydroxylation is 2. The molecule has 1 unspecified atom stereocenters. The molecule has 5 nitrogen and oxygen atoms in total. The molecule has 0 amide bonds. The average Bonchev–Trinajstić information content (AvgIpc) is 2.50. The zero-order valence-corrected chi connectivity index (χ0v) is 13.3. The van der Waals surface area contributed by atoms with E-state index in [4.69, 9.17) is 0 Å². The van der Waals surface area contributed by atoms with Crippen LogP contribution in [0.1, 0.15) is 21.5 Å². The number of hydrogen-bond acceptors (Lipinski definition) is 4. The number of rotatable bonds is 4. The van der Waals surface area contributed by atoms with Crippen LogP contribution in [0.5, 0.6) is 0 Å². The molecule has 0 radical (unpaired) electrons. The lowest BCUT2D eigenvalue weighted by Crippen LogP contribution is -2.21. The first kappa shape index (κ1) is 16.2. The van der Waals surface area contributed by atoms with Crippen molar-refractivity contribution in [2.75, 3.05) is 11.4 Å². The Hall–Kier alpha value is -2.18. The van der Waals surface area contributed by atoms with Gasteiger partial charge in [-0.2, -0.15) is 0 Å². The number of carbonyl (C=O) groups is 1. The van der Waals surface area contributed by atoms with E-state index in [-0.39, 0.29) is 0 Å². The van der Waals surface area contributed by atoms with Gasteiger partial charge in [0, 0.05) is 0 Å². The summed E-state index contributed by atoms with van der Waals surface area (Å²) in [4.78, 5) is 11.7. The molecule has 116 valence electrons. The Morgan fingerprint density at radius 3 is 2.32 bits per heavy atom. The summed E-state index contributed by atoms with van der Waals surface area (Å²) >= 11 is -2.51. The Kier molecular flexibility index (Phi) is 4.95. The van der Waals surface area contributed by atoms with E-state index in [9.17, 15) is 13.6 Å². The first-order valence-electron chi connectivity index (χ1n) is 6.59. The van der Waals surface area contributed by atoms with Gasteiger partial charge < -0.3 is 9.29 Å². The minimum atomic E-state index is -2.51. The van der Waals surface area contributed by atoms with E-state index in [0.717, 1.165) is 15.4 Å². The maximum atomic E-state index is 11.7. The Morgan fingerprint density at radius 2 is 1.77 bits per heavy atom. The number of hydrogen-bond donors (Lipinski definition) is 0.